The van der Waals surface area contributed by atoms with E-state index in [0.29, 0.717) is 17.4 Å². The van der Waals surface area contributed by atoms with Gasteiger partial charge in [0.2, 0.25) is 0 Å². The number of rotatable bonds is 3. The summed E-state index contributed by atoms with van der Waals surface area (Å²) in [5, 5.41) is 9.25. The van der Waals surface area contributed by atoms with E-state index in [0.717, 1.165) is 32.1 Å². The smallest absolute Gasteiger partial charge is 0.478 e. The number of carboxylic acids is 1. The second-order valence-corrected chi connectivity index (χ2v) is 9.21. The van der Waals surface area contributed by atoms with Crippen LogP contribution in [-0.4, -0.2) is 28.4 Å². The lowest BCUT2D eigenvalue weighted by molar-refractivity contribution is -0.168. The second-order valence-electron chi connectivity index (χ2n) is 9.21. The molecule has 0 aliphatic heterocycles. The minimum atomic E-state index is -0.868. The number of carboxylic acid groups (broad SMARTS) is 1. The number of hydrogen-bond donors (Lipinski definition) is 1. The molecule has 0 heterocycles. The topological polar surface area (TPSA) is 72.8 Å². The molecule has 134 valence electrons. The molecule has 0 amide bonds. The van der Waals surface area contributed by atoms with E-state index in [4.69, 9.17) is 9.47 Å². The lowest BCUT2D eigenvalue weighted by Gasteiger charge is -2.60. The number of carbonyl (C=O) groups excluding carboxylic acids is 1. The Balaban J connectivity index is 1.82. The zero-order valence-corrected chi connectivity index (χ0v) is 15.1. The minimum absolute atomic E-state index is 0.144. The Morgan fingerprint density at radius 1 is 1.12 bits per heavy atom. The van der Waals surface area contributed by atoms with Crippen LogP contribution in [0.4, 0.5) is 4.79 Å². The maximum absolute atomic E-state index is 12.2. The fraction of sp³-hybridized carbons (Fsp3) is 0.789. The summed E-state index contributed by atoms with van der Waals surface area (Å²) < 4.78 is 11.2. The molecule has 0 spiro atoms. The first kappa shape index (κ1) is 17.3. The van der Waals surface area contributed by atoms with Crippen LogP contribution in [0.5, 0.6) is 0 Å². The first-order chi connectivity index (χ1) is 11.0. The number of ether oxygens (including phenoxy) is 2. The molecule has 4 saturated carbocycles. The highest BCUT2D eigenvalue weighted by Gasteiger charge is 2.59. The molecule has 0 aromatic rings. The van der Waals surface area contributed by atoms with Gasteiger partial charge in [0.25, 0.3) is 0 Å². The zero-order valence-electron chi connectivity index (χ0n) is 15.1. The molecule has 4 fully saturated rings. The van der Waals surface area contributed by atoms with Crippen LogP contribution in [0.3, 0.4) is 0 Å². The Bertz CT molecular complexity index is 569. The molecular weight excluding hydrogens is 308 g/mol. The second kappa shape index (κ2) is 5.50. The van der Waals surface area contributed by atoms with Crippen molar-refractivity contribution in [2.75, 3.05) is 0 Å². The Morgan fingerprint density at radius 2 is 1.71 bits per heavy atom. The molecule has 4 bridgehead atoms. The normalized spacial score (nSPS) is 38.1. The van der Waals surface area contributed by atoms with Crippen molar-refractivity contribution in [1.29, 1.82) is 0 Å². The van der Waals surface area contributed by atoms with Crippen LogP contribution in [0.25, 0.3) is 0 Å². The molecule has 4 aliphatic rings. The van der Waals surface area contributed by atoms with Gasteiger partial charge in [-0.2, -0.15) is 0 Å². The van der Waals surface area contributed by atoms with Crippen molar-refractivity contribution in [2.24, 2.45) is 17.3 Å². The van der Waals surface area contributed by atoms with Crippen molar-refractivity contribution >= 4 is 12.1 Å². The van der Waals surface area contributed by atoms with Gasteiger partial charge in [-0.1, -0.05) is 6.08 Å². The lowest BCUT2D eigenvalue weighted by atomic mass is 9.47. The van der Waals surface area contributed by atoms with Gasteiger partial charge in [-0.25, -0.2) is 9.59 Å². The van der Waals surface area contributed by atoms with Crippen molar-refractivity contribution in [3.05, 3.63) is 11.6 Å². The van der Waals surface area contributed by atoms with Gasteiger partial charge in [-0.15, -0.1) is 0 Å². The fourth-order valence-electron chi connectivity index (χ4n) is 5.50. The summed E-state index contributed by atoms with van der Waals surface area (Å²) in [7, 11) is 0. The first-order valence-corrected chi connectivity index (χ1v) is 8.85. The number of aliphatic carboxylic acids is 1. The third kappa shape index (κ3) is 3.45. The maximum atomic E-state index is 12.2. The Labute approximate surface area is 143 Å². The minimum Gasteiger partial charge on any atom is -0.478 e. The summed E-state index contributed by atoms with van der Waals surface area (Å²) >= 11 is 0. The number of hydrogen-bond acceptors (Lipinski definition) is 4. The van der Waals surface area contributed by atoms with Crippen LogP contribution >= 0.6 is 0 Å². The molecule has 0 aromatic heterocycles. The predicted molar refractivity (Wildman–Crippen MR) is 88.6 cm³/mol. The molecule has 4 rings (SSSR count). The largest absolute Gasteiger partial charge is 0.509 e. The van der Waals surface area contributed by atoms with Crippen LogP contribution in [0.2, 0.25) is 0 Å². The summed E-state index contributed by atoms with van der Waals surface area (Å²) in [6.45, 7) is 7.14. The fourth-order valence-corrected chi connectivity index (χ4v) is 5.50. The van der Waals surface area contributed by atoms with Crippen LogP contribution in [0, 0.1) is 17.3 Å². The Hall–Kier alpha value is -1.52. The van der Waals surface area contributed by atoms with E-state index in [1.54, 1.807) is 6.92 Å². The molecule has 0 aromatic carbocycles. The van der Waals surface area contributed by atoms with Crippen molar-refractivity contribution in [3.8, 4) is 0 Å². The standard InChI is InChI=1S/C19H28O5/c1-12(15(20)21)6-18-7-13-5-14(8-18)10-19(9-13,11-18)24-16(22)23-17(2,3)4/h6,13-14H,5,7-11H2,1-4H3,(H,20,21)/b12-6+. The molecule has 4 aliphatic carbocycles. The van der Waals surface area contributed by atoms with E-state index in [1.807, 2.05) is 26.8 Å². The van der Waals surface area contributed by atoms with E-state index >= 15 is 0 Å². The Kier molecular flexibility index (Phi) is 3.97. The van der Waals surface area contributed by atoms with Crippen LogP contribution in [0.1, 0.15) is 66.2 Å². The molecule has 2 atom stereocenters. The lowest BCUT2D eigenvalue weighted by Crippen LogP contribution is -2.57. The van der Waals surface area contributed by atoms with Crippen LogP contribution < -0.4 is 0 Å². The van der Waals surface area contributed by atoms with Gasteiger partial charge in [0.05, 0.1) is 0 Å². The molecule has 2 unspecified atom stereocenters. The summed E-state index contributed by atoms with van der Waals surface area (Å²) in [6, 6.07) is 0. The SMILES string of the molecule is C/C(=C\C12CC3CC(C1)CC(OC(=O)OC(C)(C)C)(C3)C2)C(=O)O. The van der Waals surface area contributed by atoms with E-state index in [1.165, 1.54) is 6.42 Å². The van der Waals surface area contributed by atoms with Crippen molar-refractivity contribution in [2.45, 2.75) is 77.4 Å². The highest BCUT2D eigenvalue weighted by molar-refractivity contribution is 5.85. The zero-order chi connectivity index (χ0) is 17.8. The summed E-state index contributed by atoms with van der Waals surface area (Å²) in [5.41, 5.74) is -0.808. The maximum Gasteiger partial charge on any atom is 0.509 e. The molecule has 1 N–H and O–H groups in total. The molecule has 24 heavy (non-hydrogen) atoms. The molecule has 0 saturated heterocycles. The highest BCUT2D eigenvalue weighted by Crippen LogP contribution is 2.63. The van der Waals surface area contributed by atoms with Gasteiger partial charge in [0.1, 0.15) is 11.2 Å². The van der Waals surface area contributed by atoms with Gasteiger partial charge in [0.15, 0.2) is 0 Å². The average Bonchev–Trinajstić information content (AvgIpc) is 2.32. The number of allylic oxidation sites excluding steroid dienone is 1. The van der Waals surface area contributed by atoms with Crippen LogP contribution in [-0.2, 0) is 14.3 Å². The van der Waals surface area contributed by atoms with Gasteiger partial charge < -0.3 is 14.6 Å². The van der Waals surface area contributed by atoms with Gasteiger partial charge in [-0.3, -0.25) is 0 Å². The first-order valence-electron chi connectivity index (χ1n) is 8.85. The molecule has 5 heteroatoms. The van der Waals surface area contributed by atoms with Gasteiger partial charge >= 0.3 is 12.1 Å². The van der Waals surface area contributed by atoms with Crippen molar-refractivity contribution in [1.82, 2.24) is 0 Å². The molecule has 0 radical (unpaired) electrons. The highest BCUT2D eigenvalue weighted by atomic mass is 16.7. The van der Waals surface area contributed by atoms with E-state index in [9.17, 15) is 14.7 Å². The average molecular weight is 336 g/mol. The summed E-state index contributed by atoms with van der Waals surface area (Å²) in [6.07, 6.45) is 6.99. The van der Waals surface area contributed by atoms with Crippen molar-refractivity contribution in [3.63, 3.8) is 0 Å². The van der Waals surface area contributed by atoms with Gasteiger partial charge in [-0.05, 0) is 83.5 Å². The molecule has 5 nitrogen and oxygen atoms in total. The Morgan fingerprint density at radius 3 is 2.21 bits per heavy atom. The summed E-state index contributed by atoms with van der Waals surface area (Å²) in [5.74, 6) is 0.144. The predicted octanol–water partition coefficient (Wildman–Crippen LogP) is 4.31. The third-order valence-corrected chi connectivity index (χ3v) is 5.60. The van der Waals surface area contributed by atoms with E-state index in [-0.39, 0.29) is 5.41 Å². The van der Waals surface area contributed by atoms with Crippen molar-refractivity contribution < 1.29 is 24.2 Å². The summed E-state index contributed by atoms with van der Waals surface area (Å²) in [4.78, 5) is 23.5. The van der Waals surface area contributed by atoms with E-state index < -0.39 is 23.3 Å². The molecular formula is C19H28O5. The van der Waals surface area contributed by atoms with Gasteiger partial charge in [0, 0.05) is 5.57 Å². The van der Waals surface area contributed by atoms with Crippen LogP contribution in [0.15, 0.2) is 11.6 Å². The van der Waals surface area contributed by atoms with E-state index in [2.05, 4.69) is 0 Å². The third-order valence-electron chi connectivity index (χ3n) is 5.60. The quantitative estimate of drug-likeness (QED) is 0.614. The monoisotopic (exact) mass is 336 g/mol. The number of carbonyl (C=O) groups is 2.